The molecule has 1 heterocycles. The van der Waals surface area contributed by atoms with Gasteiger partial charge in [-0.2, -0.15) is 35.9 Å². The second kappa shape index (κ2) is 13.5. The first-order valence-electron chi connectivity index (χ1n) is 10.3. The molecule has 0 saturated carbocycles. The Morgan fingerprint density at radius 1 is 1.05 bits per heavy atom. The zero-order valence-corrected chi connectivity index (χ0v) is 21.6. The van der Waals surface area contributed by atoms with Crippen LogP contribution in [0.15, 0.2) is 47.6 Å². The fourth-order valence-electron chi connectivity index (χ4n) is 2.51. The zero-order valence-electron chi connectivity index (χ0n) is 19.9. The second-order valence-electron chi connectivity index (χ2n) is 7.12. The average Bonchev–Trinajstić information content (AvgIpc) is 2.80. The lowest BCUT2D eigenvalue weighted by Gasteiger charge is -2.22. The molecule has 0 aliphatic carbocycles. The van der Waals surface area contributed by atoms with Crippen molar-refractivity contribution in [3.8, 4) is 0 Å². The molecular weight excluding hydrogens is 586 g/mol. The standard InChI is InChI=1S/C18H19N3O3.C2F6NO4S2/c1-3-16-6-4-5-9-21(16)10-11-24-18(23)20-15-8-7-14(2)17(12-15)19-13-22;3-1(4,5)14(10,11)9-15(12,13)2(6,7)8/h4-9,12H,3,10-11H2,1-2H3;/q;-1/p+1. The van der Waals surface area contributed by atoms with Gasteiger partial charge in [0.1, 0.15) is 0 Å². The summed E-state index contributed by atoms with van der Waals surface area (Å²) in [6, 6.07) is 11.1. The highest BCUT2D eigenvalue weighted by Gasteiger charge is 2.46. The van der Waals surface area contributed by atoms with E-state index in [2.05, 4.69) is 21.8 Å². The van der Waals surface area contributed by atoms with Crippen LogP contribution < -0.4 is 9.88 Å². The van der Waals surface area contributed by atoms with E-state index in [1.54, 1.807) is 18.2 Å². The lowest BCUT2D eigenvalue weighted by atomic mass is 10.2. The molecule has 1 aromatic heterocycles. The van der Waals surface area contributed by atoms with E-state index >= 15 is 0 Å². The van der Waals surface area contributed by atoms with Crippen molar-refractivity contribution in [2.75, 3.05) is 11.9 Å². The van der Waals surface area contributed by atoms with Crippen molar-refractivity contribution in [1.29, 1.82) is 0 Å². The summed E-state index contributed by atoms with van der Waals surface area (Å²) in [5.74, 6) is 0. The van der Waals surface area contributed by atoms with Gasteiger partial charge in [0.2, 0.25) is 6.08 Å². The number of sulfonamides is 2. The lowest BCUT2D eigenvalue weighted by molar-refractivity contribution is -0.704. The fourth-order valence-corrected chi connectivity index (χ4v) is 4.22. The molecule has 39 heavy (non-hydrogen) atoms. The molecular formula is C20H20F6N4O7S2. The van der Waals surface area contributed by atoms with Crippen LogP contribution in [0.4, 0.5) is 42.5 Å². The zero-order chi connectivity index (χ0) is 30.1. The van der Waals surface area contributed by atoms with Gasteiger partial charge >= 0.3 is 17.1 Å². The molecule has 11 nitrogen and oxygen atoms in total. The van der Waals surface area contributed by atoms with E-state index in [4.69, 9.17) is 4.74 Å². The molecule has 19 heteroatoms. The van der Waals surface area contributed by atoms with Crippen LogP contribution in [0.2, 0.25) is 0 Å². The normalized spacial score (nSPS) is 12.0. The molecule has 0 aliphatic rings. The molecule has 1 amide bonds. The van der Waals surface area contributed by atoms with Gasteiger partial charge in [-0.05, 0) is 24.6 Å². The Hall–Kier alpha value is -3.54. The SMILES string of the molecule is CCc1cccc[n+]1CCOC(=O)Nc1ccc(C)c(N=C=O)c1.O=S(=O)([N-]S(=O)(=O)C(F)(F)F)C(F)(F)F. The average molecular weight is 607 g/mol. The highest BCUT2D eigenvalue weighted by atomic mass is 32.3. The first kappa shape index (κ1) is 33.5. The van der Waals surface area contributed by atoms with E-state index in [9.17, 15) is 52.8 Å². The Morgan fingerprint density at radius 2 is 1.64 bits per heavy atom. The Balaban J connectivity index is 0.000000439. The van der Waals surface area contributed by atoms with Gasteiger partial charge in [0.15, 0.2) is 45.1 Å². The van der Waals surface area contributed by atoms with Crippen LogP contribution in [-0.4, -0.2) is 46.6 Å². The third kappa shape index (κ3) is 10.3. The van der Waals surface area contributed by atoms with Crippen LogP contribution in [0.1, 0.15) is 18.2 Å². The molecule has 1 aromatic carbocycles. The number of aromatic nitrogens is 1. The number of pyridine rings is 1. The van der Waals surface area contributed by atoms with Crippen molar-refractivity contribution in [1.82, 2.24) is 0 Å². The molecule has 0 radical (unpaired) electrons. The predicted octanol–water partition coefficient (Wildman–Crippen LogP) is 4.12. The quantitative estimate of drug-likeness (QED) is 0.205. The Kier molecular flexibility index (Phi) is 11.6. The number of nitrogens with one attached hydrogen (secondary N) is 1. The van der Waals surface area contributed by atoms with E-state index in [0.717, 1.165) is 16.1 Å². The number of aryl methyl sites for hydroxylation is 2. The first-order valence-corrected chi connectivity index (χ1v) is 13.2. The van der Waals surface area contributed by atoms with Crippen LogP contribution in [0.3, 0.4) is 0 Å². The summed E-state index contributed by atoms with van der Waals surface area (Å²) < 4.78 is 116. The number of isocyanates is 1. The fraction of sp³-hybridized carbons (Fsp3) is 0.350. The van der Waals surface area contributed by atoms with E-state index in [1.807, 2.05) is 31.3 Å². The number of carbonyl (C=O) groups is 1. The number of hydrogen-bond donors (Lipinski definition) is 1. The van der Waals surface area contributed by atoms with Gasteiger partial charge in [-0.15, -0.1) is 0 Å². The van der Waals surface area contributed by atoms with Gasteiger partial charge in [0.25, 0.3) is 0 Å². The maximum absolute atomic E-state index is 11.9. The maximum atomic E-state index is 11.9. The Bertz CT molecular complexity index is 1380. The van der Waals surface area contributed by atoms with Gasteiger partial charge in [-0.25, -0.2) is 26.4 Å². The third-order valence-corrected chi connectivity index (χ3v) is 7.11. The van der Waals surface area contributed by atoms with Crippen molar-refractivity contribution in [2.45, 2.75) is 37.8 Å². The molecule has 216 valence electrons. The lowest BCUT2D eigenvalue weighted by Crippen LogP contribution is -2.40. The molecule has 0 bridgehead atoms. The smallest absolute Gasteiger partial charge is 0.443 e. The molecule has 0 atom stereocenters. The number of benzene rings is 1. The highest BCUT2D eigenvalue weighted by Crippen LogP contribution is 2.36. The number of hydrogen-bond acceptors (Lipinski definition) is 8. The summed E-state index contributed by atoms with van der Waals surface area (Å²) in [4.78, 5) is 25.8. The minimum absolute atomic E-state index is 0.263. The first-order chi connectivity index (χ1) is 17.8. The number of ether oxygens (including phenoxy) is 1. The largest absolute Gasteiger partial charge is 0.480 e. The number of carbonyl (C=O) groups excluding carboxylic acids is 2. The molecule has 0 spiro atoms. The van der Waals surface area contributed by atoms with Gasteiger partial charge in [-0.1, -0.05) is 19.1 Å². The minimum atomic E-state index is -6.72. The molecule has 2 aromatic rings. The second-order valence-corrected chi connectivity index (χ2v) is 10.5. The summed E-state index contributed by atoms with van der Waals surface area (Å²) in [6.07, 6.45) is 3.83. The number of amides is 1. The third-order valence-electron chi connectivity index (χ3n) is 4.37. The Morgan fingerprint density at radius 3 is 2.15 bits per heavy atom. The van der Waals surface area contributed by atoms with Crippen molar-refractivity contribution >= 4 is 43.6 Å². The van der Waals surface area contributed by atoms with E-state index in [0.29, 0.717) is 17.9 Å². The maximum Gasteiger partial charge on any atom is 0.480 e. The summed E-state index contributed by atoms with van der Waals surface area (Å²) in [7, 11) is -13.4. The monoisotopic (exact) mass is 606 g/mol. The number of anilines is 1. The molecule has 1 N–H and O–H groups in total. The highest BCUT2D eigenvalue weighted by molar-refractivity contribution is 8.13. The van der Waals surface area contributed by atoms with E-state index in [-0.39, 0.29) is 6.61 Å². The summed E-state index contributed by atoms with van der Waals surface area (Å²) in [5.41, 5.74) is -9.42. The van der Waals surface area contributed by atoms with Gasteiger partial charge in [0, 0.05) is 24.2 Å². The molecule has 0 fully saturated rings. The number of halogens is 6. The van der Waals surface area contributed by atoms with Crippen LogP contribution in [0, 0.1) is 6.92 Å². The summed E-state index contributed by atoms with van der Waals surface area (Å²) in [5, 5.41) is 2.62. The number of nitrogens with zero attached hydrogens (tertiary/aromatic N) is 3. The van der Waals surface area contributed by atoms with Crippen LogP contribution >= 0.6 is 0 Å². The number of aliphatic imine (C=N–C) groups is 1. The topological polar surface area (TPSA) is 154 Å². The van der Waals surface area contributed by atoms with Crippen molar-refractivity contribution in [3.05, 3.63) is 58.0 Å². The van der Waals surface area contributed by atoms with Crippen LogP contribution in [0.5, 0.6) is 0 Å². The van der Waals surface area contributed by atoms with Crippen LogP contribution in [0.25, 0.3) is 4.13 Å². The van der Waals surface area contributed by atoms with E-state index in [1.165, 1.54) is 11.8 Å². The summed E-state index contributed by atoms with van der Waals surface area (Å²) >= 11 is 0. The van der Waals surface area contributed by atoms with Gasteiger partial charge in [0.05, 0.1) is 5.69 Å². The number of alkyl halides is 6. The molecule has 0 aliphatic heterocycles. The molecule has 0 saturated heterocycles. The number of rotatable bonds is 8. The minimum Gasteiger partial charge on any atom is -0.443 e. The molecule has 0 unspecified atom stereocenters. The predicted molar refractivity (Wildman–Crippen MR) is 123 cm³/mol. The van der Waals surface area contributed by atoms with Crippen molar-refractivity contribution in [3.63, 3.8) is 0 Å². The summed E-state index contributed by atoms with van der Waals surface area (Å²) in [6.45, 7) is 4.75. The van der Waals surface area contributed by atoms with Gasteiger partial charge < -0.3 is 8.86 Å². The van der Waals surface area contributed by atoms with Crippen molar-refractivity contribution < 1.29 is 62.1 Å². The van der Waals surface area contributed by atoms with Gasteiger partial charge in [-0.3, -0.25) is 5.32 Å². The van der Waals surface area contributed by atoms with E-state index < -0.39 is 37.2 Å². The molecule has 2 rings (SSSR count). The van der Waals surface area contributed by atoms with Crippen molar-refractivity contribution in [2.24, 2.45) is 4.99 Å². The Labute approximate surface area is 218 Å². The van der Waals surface area contributed by atoms with Crippen LogP contribution in [-0.2, 0) is 42.5 Å².